The molecule has 1 N–H and O–H groups in total. The van der Waals surface area contributed by atoms with Gasteiger partial charge in [0.15, 0.2) is 0 Å². The van der Waals surface area contributed by atoms with Crippen molar-refractivity contribution in [1.82, 2.24) is 0 Å². The minimum absolute atomic E-state index is 0.145. The molecule has 19 heavy (non-hydrogen) atoms. The van der Waals surface area contributed by atoms with Crippen molar-refractivity contribution in [2.75, 3.05) is 23.2 Å². The van der Waals surface area contributed by atoms with Crippen LogP contribution in [0.4, 0.5) is 5.69 Å². The summed E-state index contributed by atoms with van der Waals surface area (Å²) in [6.45, 7) is 0.172. The Morgan fingerprint density at radius 2 is 2.16 bits per heavy atom. The first-order chi connectivity index (χ1) is 9.04. The van der Waals surface area contributed by atoms with Crippen molar-refractivity contribution in [3.05, 3.63) is 28.8 Å². The summed E-state index contributed by atoms with van der Waals surface area (Å²) in [5.74, 6) is 5.44. The number of benzene rings is 1. The predicted molar refractivity (Wildman–Crippen MR) is 75.8 cm³/mol. The molecule has 4 nitrogen and oxygen atoms in total. The van der Waals surface area contributed by atoms with E-state index in [1.165, 1.54) is 4.31 Å². The van der Waals surface area contributed by atoms with E-state index < -0.39 is 10.0 Å². The highest BCUT2D eigenvalue weighted by Crippen LogP contribution is 2.29. The fourth-order valence-corrected chi connectivity index (χ4v) is 3.82. The normalized spacial score (nSPS) is 17.7. The predicted octanol–water partition coefficient (Wildman–Crippen LogP) is 1.61. The molecule has 0 aliphatic carbocycles. The molecule has 6 heteroatoms. The highest BCUT2D eigenvalue weighted by molar-refractivity contribution is 7.92. The molecule has 2 rings (SSSR count). The van der Waals surface area contributed by atoms with Gasteiger partial charge in [0, 0.05) is 17.1 Å². The van der Waals surface area contributed by atoms with E-state index in [0.29, 0.717) is 29.2 Å². The Kier molecular flexibility index (Phi) is 4.35. The van der Waals surface area contributed by atoms with Crippen LogP contribution in [0.3, 0.4) is 0 Å². The van der Waals surface area contributed by atoms with Gasteiger partial charge in [-0.3, -0.25) is 4.31 Å². The molecule has 1 saturated heterocycles. The van der Waals surface area contributed by atoms with Crippen LogP contribution in [0.5, 0.6) is 0 Å². The molecule has 0 spiro atoms. The molecular weight excluding hydrogens is 286 g/mol. The fourth-order valence-electron chi connectivity index (χ4n) is 2.01. The molecule has 1 aliphatic heterocycles. The summed E-state index contributed by atoms with van der Waals surface area (Å²) >= 11 is 5.94. The molecular formula is C13H14ClNO3S. The van der Waals surface area contributed by atoms with Gasteiger partial charge in [-0.05, 0) is 31.0 Å². The summed E-state index contributed by atoms with van der Waals surface area (Å²) < 4.78 is 25.6. The SMILES string of the molecule is O=S1(=O)CCCCN1c1cc(Cl)ccc1C#CCO. The van der Waals surface area contributed by atoms with Crippen molar-refractivity contribution in [3.63, 3.8) is 0 Å². The fraction of sp³-hybridized carbons (Fsp3) is 0.385. The Morgan fingerprint density at radius 3 is 2.84 bits per heavy atom. The summed E-state index contributed by atoms with van der Waals surface area (Å²) in [6.07, 6.45) is 1.50. The Labute approximate surface area is 118 Å². The van der Waals surface area contributed by atoms with E-state index >= 15 is 0 Å². The maximum Gasteiger partial charge on any atom is 0.235 e. The van der Waals surface area contributed by atoms with Crippen LogP contribution in [0.25, 0.3) is 0 Å². The van der Waals surface area contributed by atoms with Crippen LogP contribution in [0.15, 0.2) is 18.2 Å². The Balaban J connectivity index is 2.50. The van der Waals surface area contributed by atoms with Crippen LogP contribution in [-0.2, 0) is 10.0 Å². The lowest BCUT2D eigenvalue weighted by molar-refractivity contribution is 0.350. The molecule has 1 heterocycles. The van der Waals surface area contributed by atoms with E-state index in [4.69, 9.17) is 16.7 Å². The number of rotatable bonds is 1. The number of anilines is 1. The van der Waals surface area contributed by atoms with Gasteiger partial charge < -0.3 is 5.11 Å². The summed E-state index contributed by atoms with van der Waals surface area (Å²) in [6, 6.07) is 4.93. The van der Waals surface area contributed by atoms with Crippen molar-refractivity contribution in [1.29, 1.82) is 0 Å². The number of hydrogen-bond donors (Lipinski definition) is 1. The third-order valence-corrected chi connectivity index (χ3v) is 4.97. The van der Waals surface area contributed by atoms with Gasteiger partial charge in [-0.1, -0.05) is 23.4 Å². The smallest absolute Gasteiger partial charge is 0.235 e. The second kappa shape index (κ2) is 5.83. The van der Waals surface area contributed by atoms with Crippen molar-refractivity contribution in [2.45, 2.75) is 12.8 Å². The van der Waals surface area contributed by atoms with Crippen molar-refractivity contribution < 1.29 is 13.5 Å². The average molecular weight is 300 g/mol. The van der Waals surface area contributed by atoms with E-state index in [-0.39, 0.29) is 12.4 Å². The maximum atomic E-state index is 12.1. The van der Waals surface area contributed by atoms with Crippen LogP contribution >= 0.6 is 11.6 Å². The van der Waals surface area contributed by atoms with E-state index in [2.05, 4.69) is 11.8 Å². The Morgan fingerprint density at radius 1 is 1.37 bits per heavy atom. The molecule has 0 saturated carbocycles. The molecule has 102 valence electrons. The van der Waals surface area contributed by atoms with Crippen molar-refractivity contribution in [2.24, 2.45) is 0 Å². The summed E-state index contributed by atoms with van der Waals surface area (Å²) in [5.41, 5.74) is 1.05. The van der Waals surface area contributed by atoms with Gasteiger partial charge in [0.1, 0.15) is 6.61 Å². The third-order valence-electron chi connectivity index (χ3n) is 2.88. The molecule has 0 bridgehead atoms. The lowest BCUT2D eigenvalue weighted by Gasteiger charge is -2.29. The van der Waals surface area contributed by atoms with Gasteiger partial charge in [-0.25, -0.2) is 8.42 Å². The second-order valence-corrected chi connectivity index (χ2v) is 6.67. The molecule has 0 unspecified atom stereocenters. The number of sulfonamides is 1. The Bertz CT molecular complexity index is 631. The molecule has 1 fully saturated rings. The molecule has 0 atom stereocenters. The van der Waals surface area contributed by atoms with Gasteiger partial charge >= 0.3 is 0 Å². The molecule has 0 aromatic heterocycles. The summed E-state index contributed by atoms with van der Waals surface area (Å²) in [4.78, 5) is 0. The average Bonchev–Trinajstić information content (AvgIpc) is 2.37. The van der Waals surface area contributed by atoms with E-state index in [9.17, 15) is 8.42 Å². The van der Waals surface area contributed by atoms with Crippen molar-refractivity contribution in [3.8, 4) is 11.8 Å². The standard InChI is InChI=1S/C13H14ClNO3S/c14-12-6-5-11(4-3-8-16)13(10-12)15-7-1-2-9-19(15,17)18/h5-6,10,16H,1-2,7-9H2. The van der Waals surface area contributed by atoms with Crippen LogP contribution in [0, 0.1) is 11.8 Å². The number of hydrogen-bond acceptors (Lipinski definition) is 3. The van der Waals surface area contributed by atoms with Gasteiger partial charge in [0.05, 0.1) is 11.4 Å². The summed E-state index contributed by atoms with van der Waals surface area (Å²) in [7, 11) is -3.30. The van der Waals surface area contributed by atoms with Gasteiger partial charge in [0.2, 0.25) is 10.0 Å². The number of nitrogens with zero attached hydrogens (tertiary/aromatic N) is 1. The van der Waals surface area contributed by atoms with E-state index in [1.807, 2.05) is 0 Å². The first-order valence-electron chi connectivity index (χ1n) is 5.94. The minimum Gasteiger partial charge on any atom is -0.384 e. The van der Waals surface area contributed by atoms with Crippen molar-refractivity contribution >= 4 is 27.3 Å². The largest absolute Gasteiger partial charge is 0.384 e. The maximum absolute atomic E-state index is 12.1. The number of halogens is 1. The number of aliphatic hydroxyl groups excluding tert-OH is 1. The lowest BCUT2D eigenvalue weighted by Crippen LogP contribution is -2.38. The van der Waals surface area contributed by atoms with Crippen LogP contribution in [-0.4, -0.2) is 32.4 Å². The first-order valence-corrected chi connectivity index (χ1v) is 7.93. The quantitative estimate of drug-likeness (QED) is 0.802. The molecule has 0 radical (unpaired) electrons. The van der Waals surface area contributed by atoms with Crippen LogP contribution < -0.4 is 4.31 Å². The summed E-state index contributed by atoms with van der Waals surface area (Å²) in [5, 5.41) is 9.22. The van der Waals surface area contributed by atoms with Crippen LogP contribution in [0.2, 0.25) is 5.02 Å². The third kappa shape index (κ3) is 3.21. The Hall–Kier alpha value is -1.22. The zero-order chi connectivity index (χ0) is 13.9. The molecule has 1 aromatic carbocycles. The second-order valence-electron chi connectivity index (χ2n) is 4.22. The highest BCUT2D eigenvalue weighted by Gasteiger charge is 2.27. The first kappa shape index (κ1) is 14.2. The van der Waals surface area contributed by atoms with Gasteiger partial charge in [-0.2, -0.15) is 0 Å². The number of aliphatic hydroxyl groups is 1. The van der Waals surface area contributed by atoms with E-state index in [0.717, 1.165) is 6.42 Å². The molecule has 0 amide bonds. The topological polar surface area (TPSA) is 57.6 Å². The molecule has 1 aliphatic rings. The van der Waals surface area contributed by atoms with Gasteiger partial charge in [-0.15, -0.1) is 0 Å². The minimum atomic E-state index is -3.30. The zero-order valence-electron chi connectivity index (χ0n) is 10.3. The monoisotopic (exact) mass is 299 g/mol. The molecule has 1 aromatic rings. The van der Waals surface area contributed by atoms with Gasteiger partial charge in [0.25, 0.3) is 0 Å². The van der Waals surface area contributed by atoms with E-state index in [1.54, 1.807) is 18.2 Å². The lowest BCUT2D eigenvalue weighted by atomic mass is 10.1. The van der Waals surface area contributed by atoms with Crippen LogP contribution in [0.1, 0.15) is 18.4 Å². The highest BCUT2D eigenvalue weighted by atomic mass is 35.5. The zero-order valence-corrected chi connectivity index (χ0v) is 11.8.